The van der Waals surface area contributed by atoms with Crippen LogP contribution in [0.25, 0.3) is 0 Å². The van der Waals surface area contributed by atoms with Crippen LogP contribution in [-0.4, -0.2) is 38.6 Å². The van der Waals surface area contributed by atoms with Crippen LogP contribution in [0, 0.1) is 0 Å². The SMILES string of the molecule is O=C(O)c1cn[nH]c1C1CCCCN1C(=O)c1ccc2c(c1)COC2. The van der Waals surface area contributed by atoms with E-state index < -0.39 is 5.97 Å². The van der Waals surface area contributed by atoms with Crippen LogP contribution in [-0.2, 0) is 18.0 Å². The highest BCUT2D eigenvalue weighted by molar-refractivity contribution is 5.95. The molecular weight excluding hydrogens is 322 g/mol. The van der Waals surface area contributed by atoms with E-state index >= 15 is 0 Å². The molecule has 1 aromatic heterocycles. The topological polar surface area (TPSA) is 95.5 Å². The standard InChI is InChI=1S/C18H19N3O4/c22-17(11-4-5-12-9-25-10-13(12)7-11)21-6-2-1-3-15(21)16-14(18(23)24)8-19-20-16/h4-5,7-8,15H,1-3,6,9-10H2,(H,19,20)(H,23,24). The number of aromatic carboxylic acids is 1. The minimum Gasteiger partial charge on any atom is -0.478 e. The Labute approximate surface area is 144 Å². The van der Waals surface area contributed by atoms with E-state index in [1.807, 2.05) is 18.2 Å². The fourth-order valence-electron chi connectivity index (χ4n) is 3.67. The van der Waals surface area contributed by atoms with E-state index in [-0.39, 0.29) is 17.5 Å². The molecule has 1 saturated heterocycles. The monoisotopic (exact) mass is 341 g/mol. The fourth-order valence-corrected chi connectivity index (χ4v) is 3.67. The number of rotatable bonds is 3. The summed E-state index contributed by atoms with van der Waals surface area (Å²) in [7, 11) is 0. The Bertz CT molecular complexity index is 829. The quantitative estimate of drug-likeness (QED) is 0.894. The lowest BCUT2D eigenvalue weighted by atomic mass is 9.95. The van der Waals surface area contributed by atoms with Gasteiger partial charge in [-0.3, -0.25) is 9.89 Å². The molecule has 3 heterocycles. The van der Waals surface area contributed by atoms with Crippen molar-refractivity contribution in [3.8, 4) is 0 Å². The largest absolute Gasteiger partial charge is 0.478 e. The molecule has 7 heteroatoms. The van der Waals surface area contributed by atoms with Gasteiger partial charge in [0, 0.05) is 12.1 Å². The molecule has 1 amide bonds. The number of benzene rings is 1. The molecule has 1 unspecified atom stereocenters. The molecule has 25 heavy (non-hydrogen) atoms. The lowest BCUT2D eigenvalue weighted by molar-refractivity contribution is 0.0590. The Morgan fingerprint density at radius 3 is 2.92 bits per heavy atom. The minimum absolute atomic E-state index is 0.0784. The van der Waals surface area contributed by atoms with Crippen molar-refractivity contribution in [2.24, 2.45) is 0 Å². The number of nitrogens with one attached hydrogen (secondary N) is 1. The molecule has 0 aliphatic carbocycles. The summed E-state index contributed by atoms with van der Waals surface area (Å²) in [6.45, 7) is 1.73. The minimum atomic E-state index is -1.03. The van der Waals surface area contributed by atoms with Crippen molar-refractivity contribution in [1.29, 1.82) is 0 Å². The molecule has 130 valence electrons. The Morgan fingerprint density at radius 2 is 2.08 bits per heavy atom. The number of amides is 1. The number of fused-ring (bicyclic) bond motifs is 1. The number of likely N-dealkylation sites (tertiary alicyclic amines) is 1. The number of hydrogen-bond acceptors (Lipinski definition) is 4. The molecule has 1 atom stereocenters. The molecule has 1 aromatic carbocycles. The number of piperidine rings is 1. The van der Waals surface area contributed by atoms with Crippen molar-refractivity contribution in [1.82, 2.24) is 15.1 Å². The number of aromatic amines is 1. The first-order chi connectivity index (χ1) is 12.1. The first-order valence-electron chi connectivity index (χ1n) is 8.42. The van der Waals surface area contributed by atoms with Crippen molar-refractivity contribution in [2.45, 2.75) is 38.5 Å². The fraction of sp³-hybridized carbons (Fsp3) is 0.389. The van der Waals surface area contributed by atoms with Gasteiger partial charge in [0.15, 0.2) is 0 Å². The summed E-state index contributed by atoms with van der Waals surface area (Å²) < 4.78 is 5.41. The zero-order chi connectivity index (χ0) is 17.4. The highest BCUT2D eigenvalue weighted by Crippen LogP contribution is 2.33. The third-order valence-electron chi connectivity index (χ3n) is 4.96. The smallest absolute Gasteiger partial charge is 0.339 e. The van der Waals surface area contributed by atoms with Crippen molar-refractivity contribution in [3.05, 3.63) is 52.3 Å². The third-order valence-corrected chi connectivity index (χ3v) is 4.96. The van der Waals surface area contributed by atoms with Gasteiger partial charge in [-0.1, -0.05) is 6.07 Å². The van der Waals surface area contributed by atoms with Gasteiger partial charge in [-0.05, 0) is 42.5 Å². The second-order valence-corrected chi connectivity index (χ2v) is 6.49. The number of hydrogen-bond donors (Lipinski definition) is 2. The Morgan fingerprint density at radius 1 is 1.24 bits per heavy atom. The maximum Gasteiger partial charge on any atom is 0.339 e. The molecule has 0 bridgehead atoms. The molecule has 2 N–H and O–H groups in total. The number of aromatic nitrogens is 2. The number of H-pyrrole nitrogens is 1. The van der Waals surface area contributed by atoms with Gasteiger partial charge in [-0.15, -0.1) is 0 Å². The summed E-state index contributed by atoms with van der Waals surface area (Å²) >= 11 is 0. The van der Waals surface area contributed by atoms with E-state index in [2.05, 4.69) is 10.2 Å². The van der Waals surface area contributed by atoms with Crippen LogP contribution in [0.4, 0.5) is 0 Å². The van der Waals surface area contributed by atoms with E-state index in [4.69, 9.17) is 4.74 Å². The number of carboxylic acid groups (broad SMARTS) is 1. The average molecular weight is 341 g/mol. The highest BCUT2D eigenvalue weighted by Gasteiger charge is 2.33. The predicted octanol–water partition coefficient (Wildman–Crippen LogP) is 2.51. The van der Waals surface area contributed by atoms with E-state index in [9.17, 15) is 14.7 Å². The highest BCUT2D eigenvalue weighted by atomic mass is 16.5. The molecule has 1 fully saturated rings. The third kappa shape index (κ3) is 2.80. The van der Waals surface area contributed by atoms with Crippen LogP contribution in [0.5, 0.6) is 0 Å². The number of ether oxygens (including phenoxy) is 1. The predicted molar refractivity (Wildman–Crippen MR) is 88.1 cm³/mol. The molecule has 0 radical (unpaired) electrons. The van der Waals surface area contributed by atoms with Crippen LogP contribution < -0.4 is 0 Å². The van der Waals surface area contributed by atoms with E-state index in [0.717, 1.165) is 30.4 Å². The summed E-state index contributed by atoms with van der Waals surface area (Å²) in [5.41, 5.74) is 3.42. The second kappa shape index (κ2) is 6.33. The van der Waals surface area contributed by atoms with E-state index in [0.29, 0.717) is 31.0 Å². The Hall–Kier alpha value is -2.67. The molecule has 2 aliphatic rings. The number of carboxylic acids is 1. The maximum atomic E-state index is 13.1. The first kappa shape index (κ1) is 15.8. The zero-order valence-corrected chi connectivity index (χ0v) is 13.7. The van der Waals surface area contributed by atoms with Gasteiger partial charge in [0.05, 0.1) is 31.1 Å². The van der Waals surface area contributed by atoms with E-state index in [1.54, 1.807) is 4.90 Å². The molecule has 2 aliphatic heterocycles. The lowest BCUT2D eigenvalue weighted by Crippen LogP contribution is -2.39. The van der Waals surface area contributed by atoms with Gasteiger partial charge in [-0.2, -0.15) is 5.10 Å². The van der Waals surface area contributed by atoms with Crippen molar-refractivity contribution >= 4 is 11.9 Å². The van der Waals surface area contributed by atoms with Crippen LogP contribution in [0.15, 0.2) is 24.4 Å². The summed E-state index contributed by atoms with van der Waals surface area (Å²) in [6, 6.07) is 5.36. The van der Waals surface area contributed by atoms with E-state index in [1.165, 1.54) is 6.20 Å². The summed E-state index contributed by atoms with van der Waals surface area (Å²) in [5, 5.41) is 16.0. The Kier molecular flexibility index (Phi) is 4.01. The molecule has 7 nitrogen and oxygen atoms in total. The molecule has 2 aromatic rings. The summed E-state index contributed by atoms with van der Waals surface area (Å²) in [6.07, 6.45) is 3.89. The second-order valence-electron chi connectivity index (χ2n) is 6.49. The van der Waals surface area contributed by atoms with Crippen LogP contribution >= 0.6 is 0 Å². The zero-order valence-electron chi connectivity index (χ0n) is 13.7. The van der Waals surface area contributed by atoms with Crippen molar-refractivity contribution in [3.63, 3.8) is 0 Å². The molecular formula is C18H19N3O4. The van der Waals surface area contributed by atoms with Gasteiger partial charge < -0.3 is 14.7 Å². The molecule has 4 rings (SSSR count). The molecule has 0 saturated carbocycles. The van der Waals surface area contributed by atoms with Gasteiger partial charge in [0.2, 0.25) is 0 Å². The van der Waals surface area contributed by atoms with Crippen LogP contribution in [0.3, 0.4) is 0 Å². The summed E-state index contributed by atoms with van der Waals surface area (Å²) in [4.78, 5) is 26.3. The maximum absolute atomic E-state index is 13.1. The van der Waals surface area contributed by atoms with Crippen LogP contribution in [0.2, 0.25) is 0 Å². The van der Waals surface area contributed by atoms with Gasteiger partial charge in [0.1, 0.15) is 5.56 Å². The number of carbonyl (C=O) groups is 2. The molecule has 0 spiro atoms. The first-order valence-corrected chi connectivity index (χ1v) is 8.42. The Balaban J connectivity index is 1.66. The van der Waals surface area contributed by atoms with Crippen LogP contribution in [0.1, 0.15) is 62.8 Å². The normalized spacial score (nSPS) is 19.7. The number of nitrogens with zero attached hydrogens (tertiary/aromatic N) is 2. The average Bonchev–Trinajstić information content (AvgIpc) is 3.29. The van der Waals surface area contributed by atoms with Gasteiger partial charge in [0.25, 0.3) is 5.91 Å². The lowest BCUT2D eigenvalue weighted by Gasteiger charge is -2.35. The van der Waals surface area contributed by atoms with Crippen molar-refractivity contribution in [2.75, 3.05) is 6.54 Å². The summed E-state index contributed by atoms with van der Waals surface area (Å²) in [5.74, 6) is -1.11. The van der Waals surface area contributed by atoms with Gasteiger partial charge in [-0.25, -0.2) is 4.79 Å². The number of carbonyl (C=O) groups excluding carboxylic acids is 1. The van der Waals surface area contributed by atoms with Crippen molar-refractivity contribution < 1.29 is 19.4 Å². The van der Waals surface area contributed by atoms with Gasteiger partial charge >= 0.3 is 5.97 Å².